The minimum absolute atomic E-state index is 0.804. The Bertz CT molecular complexity index is 894. The van der Waals surface area contributed by atoms with E-state index in [-0.39, 0.29) is 0 Å². The molecule has 0 saturated carbocycles. The number of hydrogen-bond acceptors (Lipinski definition) is 2. The van der Waals surface area contributed by atoms with Crippen LogP contribution in [0.1, 0.15) is 15.9 Å². The predicted molar refractivity (Wildman–Crippen MR) is 95.8 cm³/mol. The topological polar surface area (TPSA) is 30.0 Å². The molecule has 0 amide bonds. The number of aryl methyl sites for hydroxylation is 1. The van der Waals surface area contributed by atoms with Crippen LogP contribution in [0.25, 0.3) is 21.7 Å². The summed E-state index contributed by atoms with van der Waals surface area (Å²) in [5.74, 6) is 0. The molecular weight excluding hydrogens is 282 g/mol. The zero-order valence-electron chi connectivity index (χ0n) is 12.9. The van der Waals surface area contributed by atoms with Crippen molar-refractivity contribution in [2.24, 2.45) is 0 Å². The minimum Gasteiger partial charge on any atom is -0.298 e. The Hall–Kier alpha value is -3.00. The van der Waals surface area contributed by atoms with Crippen molar-refractivity contribution in [1.82, 2.24) is 4.98 Å². The van der Waals surface area contributed by atoms with E-state index in [1.807, 2.05) is 73.8 Å². The normalized spacial score (nSPS) is 10.1. The van der Waals surface area contributed by atoms with Crippen molar-refractivity contribution in [3.05, 3.63) is 90.1 Å². The van der Waals surface area contributed by atoms with Crippen LogP contribution in [0.2, 0.25) is 0 Å². The fourth-order valence-electron chi connectivity index (χ4n) is 2.58. The highest BCUT2D eigenvalue weighted by molar-refractivity contribution is 5.99. The quantitative estimate of drug-likeness (QED) is 0.452. The van der Waals surface area contributed by atoms with Crippen LogP contribution in [0.3, 0.4) is 0 Å². The highest BCUT2D eigenvalue weighted by Crippen LogP contribution is 2.20. The fourth-order valence-corrected chi connectivity index (χ4v) is 2.58. The molecule has 1 aromatic heterocycles. The first-order chi connectivity index (χ1) is 11.3. The standard InChI is InChI=1S/C12H10O.C9H7N/c1-9-6-7-10-4-2-3-5-11(10)12(9)8-13;1-2-6-9-8(4-1)5-3-7-10-9/h2-8H,1H3;1-7H. The lowest BCUT2D eigenvalue weighted by molar-refractivity contribution is 0.112. The Balaban J connectivity index is 0.000000140. The lowest BCUT2D eigenvalue weighted by Crippen LogP contribution is -1.87. The summed E-state index contributed by atoms with van der Waals surface area (Å²) < 4.78 is 0. The number of benzene rings is 3. The molecule has 0 unspecified atom stereocenters. The lowest BCUT2D eigenvalue weighted by Gasteiger charge is -2.03. The molecule has 0 aliphatic heterocycles. The molecule has 0 aliphatic carbocycles. The van der Waals surface area contributed by atoms with E-state index in [9.17, 15) is 4.79 Å². The second kappa shape index (κ2) is 6.84. The van der Waals surface area contributed by atoms with E-state index < -0.39 is 0 Å². The first kappa shape index (κ1) is 14.9. The van der Waals surface area contributed by atoms with Crippen LogP contribution in [-0.2, 0) is 0 Å². The lowest BCUT2D eigenvalue weighted by atomic mass is 10.0. The highest BCUT2D eigenvalue weighted by Gasteiger charge is 2.01. The maximum absolute atomic E-state index is 10.8. The third-order valence-electron chi connectivity index (χ3n) is 3.82. The second-order valence-electron chi connectivity index (χ2n) is 5.33. The molecule has 0 bridgehead atoms. The van der Waals surface area contributed by atoms with Gasteiger partial charge in [0.15, 0.2) is 6.29 Å². The summed E-state index contributed by atoms with van der Waals surface area (Å²) in [6.07, 6.45) is 2.74. The van der Waals surface area contributed by atoms with Crippen molar-refractivity contribution in [2.45, 2.75) is 6.92 Å². The average molecular weight is 299 g/mol. The summed E-state index contributed by atoms with van der Waals surface area (Å²) >= 11 is 0. The molecule has 0 saturated heterocycles. The monoisotopic (exact) mass is 299 g/mol. The van der Waals surface area contributed by atoms with E-state index in [0.29, 0.717) is 0 Å². The van der Waals surface area contributed by atoms with Crippen molar-refractivity contribution in [2.75, 3.05) is 0 Å². The van der Waals surface area contributed by atoms with Crippen LogP contribution < -0.4 is 0 Å². The Morgan fingerprint density at radius 3 is 2.26 bits per heavy atom. The molecule has 0 N–H and O–H groups in total. The molecule has 23 heavy (non-hydrogen) atoms. The van der Waals surface area contributed by atoms with Crippen molar-refractivity contribution in [3.63, 3.8) is 0 Å². The summed E-state index contributed by atoms with van der Waals surface area (Å²) in [5, 5.41) is 3.36. The van der Waals surface area contributed by atoms with Gasteiger partial charge in [-0.1, -0.05) is 60.7 Å². The molecule has 0 fully saturated rings. The van der Waals surface area contributed by atoms with Gasteiger partial charge in [0.05, 0.1) is 5.52 Å². The van der Waals surface area contributed by atoms with Gasteiger partial charge in [0.1, 0.15) is 0 Å². The number of hydrogen-bond donors (Lipinski definition) is 0. The molecule has 112 valence electrons. The van der Waals surface area contributed by atoms with E-state index in [1.165, 1.54) is 5.39 Å². The molecule has 0 spiro atoms. The predicted octanol–water partition coefficient (Wildman–Crippen LogP) is 5.20. The van der Waals surface area contributed by atoms with Crippen LogP contribution in [0.15, 0.2) is 79.0 Å². The van der Waals surface area contributed by atoms with E-state index in [4.69, 9.17) is 0 Å². The average Bonchev–Trinajstić information content (AvgIpc) is 2.62. The number of carbonyl (C=O) groups excluding carboxylic acids is 1. The van der Waals surface area contributed by atoms with Crippen molar-refractivity contribution in [3.8, 4) is 0 Å². The number of rotatable bonds is 1. The van der Waals surface area contributed by atoms with Gasteiger partial charge in [0, 0.05) is 17.1 Å². The molecule has 0 aliphatic rings. The van der Waals surface area contributed by atoms with E-state index in [2.05, 4.69) is 17.1 Å². The SMILES string of the molecule is Cc1ccc2ccccc2c1C=O.c1ccc2ncccc2c1. The van der Waals surface area contributed by atoms with Crippen LogP contribution in [0.5, 0.6) is 0 Å². The van der Waals surface area contributed by atoms with Crippen molar-refractivity contribution in [1.29, 1.82) is 0 Å². The van der Waals surface area contributed by atoms with Gasteiger partial charge in [-0.05, 0) is 35.4 Å². The number of para-hydroxylation sites is 1. The van der Waals surface area contributed by atoms with E-state index in [1.54, 1.807) is 0 Å². The van der Waals surface area contributed by atoms with Gasteiger partial charge < -0.3 is 0 Å². The zero-order valence-corrected chi connectivity index (χ0v) is 12.9. The number of nitrogens with zero attached hydrogens (tertiary/aromatic N) is 1. The molecule has 0 radical (unpaired) electrons. The molecule has 1 heterocycles. The van der Waals surface area contributed by atoms with Gasteiger partial charge in [-0.25, -0.2) is 0 Å². The van der Waals surface area contributed by atoms with Crippen molar-refractivity contribution < 1.29 is 4.79 Å². The van der Waals surface area contributed by atoms with E-state index in [0.717, 1.165) is 33.7 Å². The molecular formula is C21H17NO. The Kier molecular flexibility index (Phi) is 4.44. The Labute approximate surface area is 135 Å². The second-order valence-corrected chi connectivity index (χ2v) is 5.33. The highest BCUT2D eigenvalue weighted by atomic mass is 16.1. The smallest absolute Gasteiger partial charge is 0.150 e. The number of fused-ring (bicyclic) bond motifs is 2. The third kappa shape index (κ3) is 3.27. The van der Waals surface area contributed by atoms with Crippen LogP contribution in [0.4, 0.5) is 0 Å². The number of aldehydes is 1. The van der Waals surface area contributed by atoms with Crippen molar-refractivity contribution >= 4 is 28.0 Å². The number of pyridine rings is 1. The molecule has 4 aromatic rings. The number of aromatic nitrogens is 1. The van der Waals surface area contributed by atoms with Crippen LogP contribution in [-0.4, -0.2) is 11.3 Å². The van der Waals surface area contributed by atoms with Gasteiger partial charge in [-0.2, -0.15) is 0 Å². The summed E-state index contributed by atoms with van der Waals surface area (Å²) in [6, 6.07) is 24.0. The summed E-state index contributed by atoms with van der Waals surface area (Å²) in [4.78, 5) is 15.0. The number of carbonyl (C=O) groups is 1. The van der Waals surface area contributed by atoms with E-state index >= 15 is 0 Å². The minimum atomic E-state index is 0.804. The molecule has 4 rings (SSSR count). The van der Waals surface area contributed by atoms with Crippen LogP contribution in [0, 0.1) is 6.92 Å². The van der Waals surface area contributed by atoms with Gasteiger partial charge in [0.2, 0.25) is 0 Å². The van der Waals surface area contributed by atoms with Crippen LogP contribution >= 0.6 is 0 Å². The third-order valence-corrected chi connectivity index (χ3v) is 3.82. The Morgan fingerprint density at radius 1 is 0.783 bits per heavy atom. The van der Waals surface area contributed by atoms with Gasteiger partial charge in [-0.15, -0.1) is 0 Å². The first-order valence-electron chi connectivity index (χ1n) is 7.53. The largest absolute Gasteiger partial charge is 0.298 e. The zero-order chi connectivity index (χ0) is 16.1. The maximum Gasteiger partial charge on any atom is 0.150 e. The summed E-state index contributed by atoms with van der Waals surface area (Å²) in [5.41, 5.74) is 2.90. The Morgan fingerprint density at radius 2 is 1.48 bits per heavy atom. The maximum atomic E-state index is 10.8. The fraction of sp³-hybridized carbons (Fsp3) is 0.0476. The van der Waals surface area contributed by atoms with Gasteiger partial charge in [0.25, 0.3) is 0 Å². The summed E-state index contributed by atoms with van der Waals surface area (Å²) in [7, 11) is 0. The molecule has 0 atom stereocenters. The first-order valence-corrected chi connectivity index (χ1v) is 7.53. The molecule has 2 heteroatoms. The molecule has 2 nitrogen and oxygen atoms in total. The summed E-state index contributed by atoms with van der Waals surface area (Å²) in [6.45, 7) is 1.95. The van der Waals surface area contributed by atoms with Gasteiger partial charge >= 0.3 is 0 Å². The van der Waals surface area contributed by atoms with Gasteiger partial charge in [-0.3, -0.25) is 9.78 Å². The molecule has 3 aromatic carbocycles.